The quantitative estimate of drug-likeness (QED) is 0.0624. The second kappa shape index (κ2) is 20.7. The topological polar surface area (TPSA) is 213 Å². The number of sulfonamides is 1. The van der Waals surface area contributed by atoms with Crippen molar-refractivity contribution < 1.29 is 31.9 Å². The van der Waals surface area contributed by atoms with Gasteiger partial charge in [-0.15, -0.1) is 0 Å². The van der Waals surface area contributed by atoms with E-state index in [-0.39, 0.29) is 40.3 Å². The van der Waals surface area contributed by atoms with Gasteiger partial charge in [0.15, 0.2) is 0 Å². The lowest BCUT2D eigenvalue weighted by molar-refractivity contribution is -0.384. The van der Waals surface area contributed by atoms with E-state index in [9.17, 15) is 32.3 Å². The van der Waals surface area contributed by atoms with Crippen LogP contribution in [-0.2, 0) is 24.5 Å². The smallest absolute Gasteiger partial charge is 0.293 e. The van der Waals surface area contributed by atoms with Crippen molar-refractivity contribution >= 4 is 76.8 Å². The van der Waals surface area contributed by atoms with Crippen molar-refractivity contribution in [3.05, 3.63) is 117 Å². The van der Waals surface area contributed by atoms with Crippen molar-refractivity contribution in [3.63, 3.8) is 0 Å². The maximum atomic E-state index is 14.1. The van der Waals surface area contributed by atoms with Gasteiger partial charge in [0.2, 0.25) is 0 Å². The third kappa shape index (κ3) is 12.3. The maximum Gasteiger partial charge on any atom is 0.293 e. The lowest BCUT2D eigenvalue weighted by Crippen LogP contribution is -2.47. The van der Waals surface area contributed by atoms with Crippen LogP contribution >= 0.6 is 11.6 Å². The molecule has 3 N–H and O–H groups in total. The molecule has 3 aromatic carbocycles. The number of hydrogen-bond donors (Lipinski definition) is 3. The van der Waals surface area contributed by atoms with Crippen LogP contribution in [-0.4, -0.2) is 119 Å². The Hall–Kier alpha value is -5.86. The Morgan fingerprint density at radius 3 is 2.46 bits per heavy atom. The Labute approximate surface area is 419 Å². The monoisotopic (exact) mass is 1030 g/mol. The zero-order valence-electron chi connectivity index (χ0n) is 40.2. The number of carbonyl (C=O) groups excluding carboxylic acids is 2. The highest BCUT2D eigenvalue weighted by Gasteiger charge is 2.33. The fraction of sp³-hybridized carbons (Fsp3) is 0.431. The van der Waals surface area contributed by atoms with E-state index >= 15 is 0 Å². The first-order valence-corrected chi connectivity index (χ1v) is 27.9. The van der Waals surface area contributed by atoms with Gasteiger partial charge in [-0.25, -0.2) is 22.3 Å². The number of allylic oxidation sites excluding steroid dienone is 1. The van der Waals surface area contributed by atoms with Gasteiger partial charge in [-0.1, -0.05) is 43.2 Å². The summed E-state index contributed by atoms with van der Waals surface area (Å²) in [6.45, 7) is 12.0. The van der Waals surface area contributed by atoms with Crippen LogP contribution in [0.15, 0.2) is 100 Å². The lowest BCUT2D eigenvalue weighted by atomic mass is 9.72. The van der Waals surface area contributed by atoms with E-state index in [0.717, 1.165) is 73.9 Å². The van der Waals surface area contributed by atoms with Crippen LogP contribution in [0.25, 0.3) is 16.6 Å². The van der Waals surface area contributed by atoms with Gasteiger partial charge < -0.3 is 24.8 Å². The van der Waals surface area contributed by atoms with Gasteiger partial charge in [0, 0.05) is 110 Å². The van der Waals surface area contributed by atoms with Crippen molar-refractivity contribution in [2.75, 3.05) is 74.1 Å². The molecule has 2 amide bonds. The van der Waals surface area contributed by atoms with Gasteiger partial charge >= 0.3 is 0 Å². The summed E-state index contributed by atoms with van der Waals surface area (Å²) in [6, 6.07) is 20.0. The van der Waals surface area contributed by atoms with Crippen molar-refractivity contribution in [1.29, 1.82) is 0 Å². The molecule has 0 spiro atoms. The summed E-state index contributed by atoms with van der Waals surface area (Å²) in [5, 5.41) is 17.0. The number of nitro benzene ring substituents is 1. The molecule has 17 nitrogen and oxygen atoms in total. The first-order valence-electron chi connectivity index (χ1n) is 24.2. The summed E-state index contributed by atoms with van der Waals surface area (Å²) < 4.78 is 53.4. The number of piperazine rings is 1. The van der Waals surface area contributed by atoms with Gasteiger partial charge in [-0.3, -0.25) is 24.6 Å². The Balaban J connectivity index is 0.872. The fourth-order valence-electron chi connectivity index (χ4n) is 9.52. The molecule has 2 aromatic heterocycles. The van der Waals surface area contributed by atoms with E-state index in [1.54, 1.807) is 24.4 Å². The second-order valence-corrected chi connectivity index (χ2v) is 24.7. The minimum Gasteiger partial charge on any atom is -0.455 e. The number of hydrogen-bond acceptors (Lipinski definition) is 13. The molecular weight excluding hydrogens is 966 g/mol. The number of benzene rings is 3. The molecule has 2 saturated heterocycles. The van der Waals surface area contributed by atoms with Crippen LogP contribution in [0.2, 0.25) is 5.02 Å². The fourth-order valence-corrected chi connectivity index (χ4v) is 12.6. The normalized spacial score (nSPS) is 19.0. The highest BCUT2D eigenvalue weighted by molar-refractivity contribution is 7.94. The average molecular weight is 1030 g/mol. The number of nitrogens with one attached hydrogen (secondary N) is 3. The van der Waals surface area contributed by atoms with E-state index in [0.29, 0.717) is 62.0 Å². The third-order valence-electron chi connectivity index (χ3n) is 14.0. The molecule has 0 unspecified atom stereocenters. The molecule has 2 aliphatic carbocycles. The first kappa shape index (κ1) is 50.1. The van der Waals surface area contributed by atoms with Crippen LogP contribution in [0.4, 0.5) is 17.1 Å². The van der Waals surface area contributed by atoms with Crippen LogP contribution in [0.1, 0.15) is 75.2 Å². The molecule has 71 heavy (non-hydrogen) atoms. The van der Waals surface area contributed by atoms with Gasteiger partial charge in [0.25, 0.3) is 27.5 Å². The molecule has 0 bridgehead atoms. The summed E-state index contributed by atoms with van der Waals surface area (Å²) in [4.78, 5) is 51.7. The Kier molecular flexibility index (Phi) is 14.6. The Morgan fingerprint density at radius 2 is 1.75 bits per heavy atom. The summed E-state index contributed by atoms with van der Waals surface area (Å²) in [5.41, 5.74) is 5.29. The summed E-state index contributed by atoms with van der Waals surface area (Å²) in [6.07, 6.45) is 8.62. The number of aromatic nitrogens is 2. The molecule has 0 radical (unpaired) electrons. The summed E-state index contributed by atoms with van der Waals surface area (Å²) >= 11 is 6.25. The molecular formula is C51H60ClN9O8S2. The Bertz CT molecular complexity index is 3110. The molecule has 9 rings (SSSR count). The maximum absolute atomic E-state index is 14.1. The molecule has 4 heterocycles. The van der Waals surface area contributed by atoms with Crippen molar-refractivity contribution in [1.82, 2.24) is 24.5 Å². The van der Waals surface area contributed by atoms with E-state index < -0.39 is 41.2 Å². The zero-order valence-corrected chi connectivity index (χ0v) is 42.6. The standard InChI is InChI=1S/C51H60ClN9O8S2/c1-34(16-19-58-24-26-70(66,27-25-58)56-49(62)36-4-5-36)55-45-13-11-42(30-46(45)61(64)65)71(67,68)57-50(63)43-12-10-40(29-47(43)69-41-28-37-15-18-53-48(37)54-32-41)60-22-20-59(21-23-60)33-38-14-17-51(2,3)31-44(38)35-6-8-39(52)9-7-35/h6-13,15,18,28-30,32,34,36,55H,4-5,14,16-17,19-27,31,33H2,1-3H3,(H,53,54)(H,57,63)/t34-/m0/s1. The minimum absolute atomic E-state index is 0.0641. The van der Waals surface area contributed by atoms with E-state index in [2.05, 4.69) is 65.0 Å². The molecule has 1 saturated carbocycles. The molecule has 3 fully saturated rings. The van der Waals surface area contributed by atoms with Crippen molar-refractivity contribution in [3.8, 4) is 11.5 Å². The lowest BCUT2D eigenvalue weighted by Gasteiger charge is -2.39. The number of fused-ring (bicyclic) bond motifs is 1. The minimum atomic E-state index is -4.63. The average Bonchev–Trinajstić information content (AvgIpc) is 4.09. The zero-order chi connectivity index (χ0) is 50.1. The van der Waals surface area contributed by atoms with Crippen LogP contribution in [0.5, 0.6) is 11.5 Å². The highest BCUT2D eigenvalue weighted by Crippen LogP contribution is 2.44. The number of ether oxygens (including phenoxy) is 1. The van der Waals surface area contributed by atoms with Gasteiger partial charge in [-0.05, 0) is 111 Å². The SMILES string of the molecule is C[C@@H](CCN1CCS(=O)(=NC(=O)C2CC2)CC1)Nc1ccc(S(=O)(=O)NC(=O)c2ccc(N3CCN(CC4=C(c5ccc(Cl)cc5)CC(C)(C)CC4)CC3)cc2Oc2cnc3[nH]ccc3c2)cc1[N+](=O)[O-]. The van der Waals surface area contributed by atoms with Gasteiger partial charge in [0.05, 0.1) is 31.3 Å². The molecule has 20 heteroatoms. The summed E-state index contributed by atoms with van der Waals surface area (Å²) in [7, 11) is -7.19. The number of nitrogens with zero attached hydrogens (tertiary/aromatic N) is 6. The van der Waals surface area contributed by atoms with Gasteiger partial charge in [0.1, 0.15) is 22.8 Å². The van der Waals surface area contributed by atoms with E-state index in [1.165, 1.54) is 41.1 Å². The van der Waals surface area contributed by atoms with E-state index in [4.69, 9.17) is 16.3 Å². The van der Waals surface area contributed by atoms with Gasteiger partial charge in [-0.2, -0.15) is 4.36 Å². The van der Waals surface area contributed by atoms with Crippen LogP contribution in [0.3, 0.4) is 0 Å². The van der Waals surface area contributed by atoms with E-state index in [1.807, 2.05) is 25.1 Å². The molecule has 4 aliphatic rings. The second-order valence-electron chi connectivity index (χ2n) is 20.0. The molecule has 376 valence electrons. The van der Waals surface area contributed by atoms with Crippen LogP contribution in [0, 0.1) is 21.4 Å². The third-order valence-corrected chi connectivity index (χ3v) is 17.7. The highest BCUT2D eigenvalue weighted by atomic mass is 35.5. The summed E-state index contributed by atoms with van der Waals surface area (Å²) in [5.74, 6) is -0.226. The number of rotatable bonds is 16. The predicted molar refractivity (Wildman–Crippen MR) is 277 cm³/mol. The number of aromatic amines is 1. The number of amides is 2. The molecule has 5 aromatic rings. The van der Waals surface area contributed by atoms with Crippen LogP contribution < -0.4 is 19.7 Å². The number of pyridine rings is 1. The van der Waals surface area contributed by atoms with Crippen molar-refractivity contribution in [2.24, 2.45) is 15.7 Å². The number of H-pyrrole nitrogens is 1. The molecule has 1 atom stereocenters. The number of anilines is 2. The Morgan fingerprint density at radius 1 is 1.00 bits per heavy atom. The first-order chi connectivity index (χ1) is 33.9. The predicted octanol–water partition coefficient (Wildman–Crippen LogP) is 8.73. The number of nitro groups is 1. The largest absolute Gasteiger partial charge is 0.455 e. The molecule has 2 aliphatic heterocycles. The van der Waals surface area contributed by atoms with Crippen molar-refractivity contribution in [2.45, 2.75) is 70.2 Å². The number of carbonyl (C=O) groups is 2. The number of halogens is 1.